The molecule has 0 saturated heterocycles. The van der Waals surface area contributed by atoms with E-state index in [2.05, 4.69) is 10.2 Å². The molecule has 0 aliphatic rings. The van der Waals surface area contributed by atoms with Gasteiger partial charge in [0, 0.05) is 12.5 Å². The molecule has 0 atom stereocenters. The van der Waals surface area contributed by atoms with Crippen LogP contribution in [-0.2, 0) is 11.2 Å². The molecule has 0 spiro atoms. The summed E-state index contributed by atoms with van der Waals surface area (Å²) in [5, 5.41) is 28.4. The molecule has 7 nitrogen and oxygen atoms in total. The minimum absolute atomic E-state index is 0.0859. The quantitative estimate of drug-likeness (QED) is 0.378. The fourth-order valence-electron chi connectivity index (χ4n) is 1.84. The second-order valence-corrected chi connectivity index (χ2v) is 4.47. The molecule has 112 valence electrons. The van der Waals surface area contributed by atoms with Crippen molar-refractivity contribution in [3.05, 3.63) is 58.1 Å². The normalized spacial score (nSPS) is 10.7. The van der Waals surface area contributed by atoms with Crippen LogP contribution in [0.1, 0.15) is 12.0 Å². The predicted molar refractivity (Wildman–Crippen MR) is 79.8 cm³/mol. The molecule has 0 fully saturated rings. The number of aryl methyl sites for hydroxylation is 1. The van der Waals surface area contributed by atoms with Crippen LogP contribution >= 0.6 is 0 Å². The molecule has 0 heterocycles. The van der Waals surface area contributed by atoms with Crippen LogP contribution in [-0.4, -0.2) is 16.3 Å². The van der Waals surface area contributed by atoms with E-state index >= 15 is 0 Å². The maximum Gasteiger partial charge on any atom is 0.296 e. The molecule has 0 bridgehead atoms. The number of nitrogens with zero attached hydrogens (tertiary/aromatic N) is 3. The van der Waals surface area contributed by atoms with Gasteiger partial charge in [0.05, 0.1) is 4.92 Å². The summed E-state index contributed by atoms with van der Waals surface area (Å²) in [4.78, 5) is 20.7. The van der Waals surface area contributed by atoms with Crippen molar-refractivity contribution in [2.24, 2.45) is 10.2 Å². The van der Waals surface area contributed by atoms with E-state index in [-0.39, 0.29) is 22.8 Å². The van der Waals surface area contributed by atoms with Gasteiger partial charge in [-0.05, 0) is 30.2 Å². The SMILES string of the molecule is O=CCCc1ccc(O)c(N=Nc2ccccc2[N+](=O)[O-])c1. The number of hydrogen-bond donors (Lipinski definition) is 1. The summed E-state index contributed by atoms with van der Waals surface area (Å²) < 4.78 is 0. The largest absolute Gasteiger partial charge is 0.506 e. The van der Waals surface area contributed by atoms with Crippen molar-refractivity contribution in [3.8, 4) is 5.75 Å². The average Bonchev–Trinajstić information content (AvgIpc) is 2.53. The molecule has 2 aromatic rings. The first kappa shape index (κ1) is 15.3. The summed E-state index contributed by atoms with van der Waals surface area (Å²) >= 11 is 0. The van der Waals surface area contributed by atoms with Crippen molar-refractivity contribution < 1.29 is 14.8 Å². The van der Waals surface area contributed by atoms with Gasteiger partial charge in [-0.15, -0.1) is 10.2 Å². The van der Waals surface area contributed by atoms with Gasteiger partial charge in [-0.3, -0.25) is 10.1 Å². The Bertz CT molecular complexity index is 728. The Morgan fingerprint density at radius 3 is 2.59 bits per heavy atom. The Labute approximate surface area is 126 Å². The van der Waals surface area contributed by atoms with Crippen LogP contribution in [0.3, 0.4) is 0 Å². The van der Waals surface area contributed by atoms with Crippen LogP contribution in [0.15, 0.2) is 52.7 Å². The van der Waals surface area contributed by atoms with Crippen LogP contribution in [0.2, 0.25) is 0 Å². The Hall–Kier alpha value is -3.09. The Morgan fingerprint density at radius 2 is 1.86 bits per heavy atom. The summed E-state index contributed by atoms with van der Waals surface area (Å²) in [5.41, 5.74) is 0.955. The lowest BCUT2D eigenvalue weighted by Crippen LogP contribution is -1.87. The Balaban J connectivity index is 2.30. The number of para-hydroxylation sites is 1. The van der Waals surface area contributed by atoms with Crippen LogP contribution < -0.4 is 0 Å². The number of hydrogen-bond acceptors (Lipinski definition) is 6. The lowest BCUT2D eigenvalue weighted by Gasteiger charge is -2.02. The third-order valence-corrected chi connectivity index (χ3v) is 2.93. The number of carbonyl (C=O) groups is 1. The van der Waals surface area contributed by atoms with Crippen molar-refractivity contribution in [2.75, 3.05) is 0 Å². The molecule has 0 unspecified atom stereocenters. The zero-order valence-electron chi connectivity index (χ0n) is 11.5. The molecule has 0 saturated carbocycles. The van der Waals surface area contributed by atoms with E-state index in [1.807, 2.05) is 0 Å². The molecule has 0 amide bonds. The second kappa shape index (κ2) is 7.07. The molecule has 22 heavy (non-hydrogen) atoms. The number of phenols is 1. The topological polar surface area (TPSA) is 105 Å². The molecule has 2 aromatic carbocycles. The fraction of sp³-hybridized carbons (Fsp3) is 0.133. The van der Waals surface area contributed by atoms with Crippen molar-refractivity contribution in [1.82, 2.24) is 0 Å². The highest BCUT2D eigenvalue weighted by molar-refractivity contribution is 5.58. The van der Waals surface area contributed by atoms with Crippen molar-refractivity contribution in [3.63, 3.8) is 0 Å². The standard InChI is InChI=1S/C15H13N3O4/c19-9-3-4-11-7-8-15(20)13(10-11)17-16-12-5-1-2-6-14(12)18(21)22/h1-2,5-10,20H,3-4H2. The fourth-order valence-corrected chi connectivity index (χ4v) is 1.84. The third-order valence-electron chi connectivity index (χ3n) is 2.93. The Kier molecular flexibility index (Phi) is 4.92. The minimum atomic E-state index is -0.547. The molecule has 7 heteroatoms. The number of rotatable bonds is 6. The van der Waals surface area contributed by atoms with E-state index in [1.54, 1.807) is 18.2 Å². The Morgan fingerprint density at radius 1 is 1.14 bits per heavy atom. The highest BCUT2D eigenvalue weighted by Crippen LogP contribution is 2.32. The number of aromatic hydroxyl groups is 1. The molecule has 1 N–H and O–H groups in total. The van der Waals surface area contributed by atoms with Gasteiger partial charge in [0.15, 0.2) is 5.69 Å². The van der Waals surface area contributed by atoms with E-state index in [9.17, 15) is 20.0 Å². The third kappa shape index (κ3) is 3.72. The molecule has 0 radical (unpaired) electrons. The number of nitro groups is 1. The minimum Gasteiger partial charge on any atom is -0.506 e. The molecule has 2 rings (SSSR count). The van der Waals surface area contributed by atoms with Gasteiger partial charge in [-0.25, -0.2) is 0 Å². The van der Waals surface area contributed by atoms with E-state index in [4.69, 9.17) is 0 Å². The number of azo groups is 1. The van der Waals surface area contributed by atoms with Gasteiger partial charge >= 0.3 is 0 Å². The van der Waals surface area contributed by atoms with E-state index in [0.29, 0.717) is 12.8 Å². The summed E-state index contributed by atoms with van der Waals surface area (Å²) in [5.74, 6) is -0.0859. The lowest BCUT2D eigenvalue weighted by atomic mass is 10.1. The molecular weight excluding hydrogens is 286 g/mol. The summed E-state index contributed by atoms with van der Waals surface area (Å²) in [6.07, 6.45) is 1.70. The number of nitro benzene ring substituents is 1. The zero-order chi connectivity index (χ0) is 15.9. The maximum atomic E-state index is 10.9. The number of aldehydes is 1. The summed E-state index contributed by atoms with van der Waals surface area (Å²) in [7, 11) is 0. The van der Waals surface area contributed by atoms with Gasteiger partial charge in [0.25, 0.3) is 5.69 Å². The van der Waals surface area contributed by atoms with Crippen LogP contribution in [0.25, 0.3) is 0 Å². The highest BCUT2D eigenvalue weighted by Gasteiger charge is 2.12. The van der Waals surface area contributed by atoms with Gasteiger partial charge < -0.3 is 9.90 Å². The van der Waals surface area contributed by atoms with Crippen molar-refractivity contribution in [2.45, 2.75) is 12.8 Å². The lowest BCUT2D eigenvalue weighted by molar-refractivity contribution is -0.384. The first-order valence-electron chi connectivity index (χ1n) is 6.52. The number of carbonyl (C=O) groups excluding carboxylic acids is 1. The summed E-state index contributed by atoms with van der Waals surface area (Å²) in [6.45, 7) is 0. The van der Waals surface area contributed by atoms with Gasteiger partial charge in [0.1, 0.15) is 17.7 Å². The zero-order valence-corrected chi connectivity index (χ0v) is 11.5. The van der Waals surface area contributed by atoms with E-state index in [0.717, 1.165) is 11.8 Å². The molecule has 0 aliphatic heterocycles. The predicted octanol–water partition coefficient (Wildman–Crippen LogP) is 3.85. The second-order valence-electron chi connectivity index (χ2n) is 4.47. The smallest absolute Gasteiger partial charge is 0.296 e. The van der Waals surface area contributed by atoms with Crippen LogP contribution in [0.5, 0.6) is 5.75 Å². The van der Waals surface area contributed by atoms with E-state index < -0.39 is 4.92 Å². The summed E-state index contributed by atoms with van der Waals surface area (Å²) in [6, 6.07) is 10.7. The maximum absolute atomic E-state index is 10.9. The molecular formula is C15H13N3O4. The highest BCUT2D eigenvalue weighted by atomic mass is 16.6. The molecule has 0 aromatic heterocycles. The number of phenolic OH excluding ortho intramolecular Hbond substituents is 1. The van der Waals surface area contributed by atoms with Gasteiger partial charge in [-0.2, -0.15) is 0 Å². The van der Waals surface area contributed by atoms with Crippen molar-refractivity contribution in [1.29, 1.82) is 0 Å². The monoisotopic (exact) mass is 299 g/mol. The van der Waals surface area contributed by atoms with E-state index in [1.165, 1.54) is 24.3 Å². The average molecular weight is 299 g/mol. The van der Waals surface area contributed by atoms with Crippen LogP contribution in [0.4, 0.5) is 17.1 Å². The van der Waals surface area contributed by atoms with Gasteiger partial charge in [0.2, 0.25) is 0 Å². The van der Waals surface area contributed by atoms with Gasteiger partial charge in [-0.1, -0.05) is 18.2 Å². The van der Waals surface area contributed by atoms with Crippen molar-refractivity contribution >= 4 is 23.3 Å². The first-order valence-corrected chi connectivity index (χ1v) is 6.52. The van der Waals surface area contributed by atoms with Crippen LogP contribution in [0, 0.1) is 10.1 Å². The number of benzene rings is 2. The molecule has 0 aliphatic carbocycles. The first-order chi connectivity index (χ1) is 10.6.